The van der Waals surface area contributed by atoms with Crippen molar-refractivity contribution < 1.29 is 14.3 Å². The van der Waals surface area contributed by atoms with E-state index in [0.717, 1.165) is 22.6 Å². The molecular formula is C22H31IN4O3. The van der Waals surface area contributed by atoms with Crippen molar-refractivity contribution in [2.75, 3.05) is 20.3 Å². The topological polar surface area (TPSA) is 98.0 Å². The second kappa shape index (κ2) is 12.9. The van der Waals surface area contributed by atoms with Crippen molar-refractivity contribution in [3.63, 3.8) is 0 Å². The van der Waals surface area contributed by atoms with E-state index in [4.69, 9.17) is 15.2 Å². The number of ether oxygens (including phenoxy) is 2. The number of aliphatic imine (C=N–C) groups is 1. The molecule has 2 rings (SSSR count). The molecule has 0 saturated heterocycles. The van der Waals surface area contributed by atoms with Gasteiger partial charge in [-0.3, -0.25) is 9.79 Å². The Morgan fingerprint density at radius 2 is 1.70 bits per heavy atom. The van der Waals surface area contributed by atoms with E-state index in [-0.39, 0.29) is 30.0 Å². The molecule has 2 aromatic rings. The van der Waals surface area contributed by atoms with Crippen molar-refractivity contribution in [2.45, 2.75) is 33.4 Å². The first-order chi connectivity index (χ1) is 14.0. The molecule has 0 fully saturated rings. The zero-order valence-electron chi connectivity index (χ0n) is 17.9. The molecule has 164 valence electrons. The molecular weight excluding hydrogens is 495 g/mol. The SMILES string of the molecule is CCOc1ccc(C(C)NC(=NC)NCc2ccc(C(N)=O)cc2)cc1OCC.I. The van der Waals surface area contributed by atoms with Gasteiger partial charge in [-0.1, -0.05) is 18.2 Å². The van der Waals surface area contributed by atoms with E-state index in [9.17, 15) is 4.79 Å². The Hall–Kier alpha value is -2.49. The predicted octanol–water partition coefficient (Wildman–Crippen LogP) is 3.63. The molecule has 0 saturated carbocycles. The molecule has 0 aliphatic carbocycles. The van der Waals surface area contributed by atoms with Crippen LogP contribution >= 0.6 is 24.0 Å². The Kier molecular flexibility index (Phi) is 11.0. The van der Waals surface area contributed by atoms with Crippen molar-refractivity contribution in [1.29, 1.82) is 0 Å². The lowest BCUT2D eigenvalue weighted by molar-refractivity contribution is 0.100. The number of nitrogens with two attached hydrogens (primary N) is 1. The Morgan fingerprint density at radius 1 is 1.07 bits per heavy atom. The molecule has 4 N–H and O–H groups in total. The van der Waals surface area contributed by atoms with E-state index in [0.29, 0.717) is 31.3 Å². The van der Waals surface area contributed by atoms with E-state index in [1.54, 1.807) is 19.2 Å². The van der Waals surface area contributed by atoms with Gasteiger partial charge in [0.1, 0.15) is 0 Å². The van der Waals surface area contributed by atoms with E-state index >= 15 is 0 Å². The minimum atomic E-state index is -0.433. The van der Waals surface area contributed by atoms with Gasteiger partial charge in [0.15, 0.2) is 17.5 Å². The standard InChI is InChI=1S/C22H30N4O3.HI/c1-5-28-19-12-11-18(13-20(19)29-6-2)15(3)26-22(24-4)25-14-16-7-9-17(10-8-16)21(23)27;/h7-13,15H,5-6,14H2,1-4H3,(H2,23,27)(H2,24,25,26);1H. The second-order valence-electron chi connectivity index (χ2n) is 6.43. The van der Waals surface area contributed by atoms with E-state index in [1.807, 2.05) is 44.2 Å². The number of carbonyl (C=O) groups is 1. The lowest BCUT2D eigenvalue weighted by atomic mass is 10.1. The third-order valence-electron chi connectivity index (χ3n) is 4.34. The van der Waals surface area contributed by atoms with Crippen LogP contribution in [0.25, 0.3) is 0 Å². The van der Waals surface area contributed by atoms with Gasteiger partial charge in [-0.25, -0.2) is 0 Å². The van der Waals surface area contributed by atoms with Gasteiger partial charge in [0.2, 0.25) is 5.91 Å². The molecule has 0 radical (unpaired) electrons. The number of halogens is 1. The van der Waals surface area contributed by atoms with Crippen LogP contribution in [0.2, 0.25) is 0 Å². The molecule has 1 atom stereocenters. The molecule has 0 aliphatic rings. The van der Waals surface area contributed by atoms with Crippen LogP contribution in [0, 0.1) is 0 Å². The molecule has 0 bridgehead atoms. The van der Waals surface area contributed by atoms with Crippen molar-refractivity contribution in [1.82, 2.24) is 10.6 Å². The fourth-order valence-electron chi connectivity index (χ4n) is 2.79. The maximum Gasteiger partial charge on any atom is 0.248 e. The van der Waals surface area contributed by atoms with Gasteiger partial charge in [0.05, 0.1) is 19.3 Å². The molecule has 0 aromatic heterocycles. The molecule has 7 nitrogen and oxygen atoms in total. The van der Waals surface area contributed by atoms with E-state index in [2.05, 4.69) is 22.5 Å². The highest BCUT2D eigenvalue weighted by atomic mass is 127. The van der Waals surface area contributed by atoms with E-state index < -0.39 is 5.91 Å². The number of carbonyl (C=O) groups excluding carboxylic acids is 1. The lowest BCUT2D eigenvalue weighted by Crippen LogP contribution is -2.38. The first-order valence-corrected chi connectivity index (χ1v) is 9.73. The van der Waals surface area contributed by atoms with Gasteiger partial charge in [0, 0.05) is 19.2 Å². The first-order valence-electron chi connectivity index (χ1n) is 9.73. The van der Waals surface area contributed by atoms with Crippen molar-refractivity contribution >= 4 is 35.8 Å². The summed E-state index contributed by atoms with van der Waals surface area (Å²) in [5, 5.41) is 6.65. The van der Waals surface area contributed by atoms with Crippen LogP contribution in [-0.2, 0) is 6.54 Å². The third-order valence-corrected chi connectivity index (χ3v) is 4.34. The van der Waals surface area contributed by atoms with Crippen molar-refractivity contribution in [3.05, 3.63) is 59.2 Å². The van der Waals surface area contributed by atoms with Crippen LogP contribution in [0.4, 0.5) is 0 Å². The van der Waals surface area contributed by atoms with Crippen LogP contribution < -0.4 is 25.8 Å². The maximum atomic E-state index is 11.2. The zero-order valence-corrected chi connectivity index (χ0v) is 20.2. The molecule has 0 heterocycles. The monoisotopic (exact) mass is 526 g/mol. The minimum Gasteiger partial charge on any atom is -0.490 e. The summed E-state index contributed by atoms with van der Waals surface area (Å²) in [7, 11) is 1.72. The Labute approximate surface area is 195 Å². The molecule has 1 amide bonds. The largest absolute Gasteiger partial charge is 0.490 e. The van der Waals surface area contributed by atoms with Crippen LogP contribution in [0.3, 0.4) is 0 Å². The number of guanidine groups is 1. The summed E-state index contributed by atoms with van der Waals surface area (Å²) in [4.78, 5) is 15.4. The molecule has 30 heavy (non-hydrogen) atoms. The quantitative estimate of drug-likeness (QED) is 0.264. The fraction of sp³-hybridized carbons (Fsp3) is 0.364. The summed E-state index contributed by atoms with van der Waals surface area (Å²) in [6.45, 7) is 7.68. The number of hydrogen-bond acceptors (Lipinski definition) is 4. The molecule has 2 aromatic carbocycles. The van der Waals surface area contributed by atoms with Crippen molar-refractivity contribution in [2.24, 2.45) is 10.7 Å². The van der Waals surface area contributed by atoms with Crippen LogP contribution in [0.1, 0.15) is 48.3 Å². The summed E-state index contributed by atoms with van der Waals surface area (Å²) in [6, 6.07) is 13.1. The third kappa shape index (κ3) is 7.40. The van der Waals surface area contributed by atoms with Crippen LogP contribution in [0.5, 0.6) is 11.5 Å². The summed E-state index contributed by atoms with van der Waals surface area (Å²) < 4.78 is 11.3. The zero-order chi connectivity index (χ0) is 21.2. The molecule has 1 unspecified atom stereocenters. The smallest absolute Gasteiger partial charge is 0.248 e. The number of primary amides is 1. The van der Waals surface area contributed by atoms with Gasteiger partial charge in [-0.2, -0.15) is 0 Å². The fourth-order valence-corrected chi connectivity index (χ4v) is 2.79. The summed E-state index contributed by atoms with van der Waals surface area (Å²) in [5.74, 6) is 1.71. The number of nitrogens with zero attached hydrogens (tertiary/aromatic N) is 1. The Bertz CT molecular complexity index is 841. The minimum absolute atomic E-state index is 0. The first kappa shape index (κ1) is 25.5. The number of benzene rings is 2. The molecule has 0 aliphatic heterocycles. The molecule has 0 spiro atoms. The maximum absolute atomic E-state index is 11.2. The average molecular weight is 526 g/mol. The van der Waals surface area contributed by atoms with Gasteiger partial charge in [-0.15, -0.1) is 24.0 Å². The van der Waals surface area contributed by atoms with Crippen molar-refractivity contribution in [3.8, 4) is 11.5 Å². The highest BCUT2D eigenvalue weighted by Gasteiger charge is 2.12. The van der Waals surface area contributed by atoms with Crippen LogP contribution in [-0.4, -0.2) is 32.1 Å². The predicted molar refractivity (Wildman–Crippen MR) is 131 cm³/mol. The normalized spacial score (nSPS) is 11.8. The highest BCUT2D eigenvalue weighted by Crippen LogP contribution is 2.30. The van der Waals surface area contributed by atoms with Crippen LogP contribution in [0.15, 0.2) is 47.5 Å². The summed E-state index contributed by atoms with van der Waals surface area (Å²) in [5.41, 5.74) is 7.84. The Balaban J connectivity index is 0.00000450. The van der Waals surface area contributed by atoms with Gasteiger partial charge >= 0.3 is 0 Å². The number of rotatable bonds is 9. The average Bonchev–Trinajstić information content (AvgIpc) is 2.72. The highest BCUT2D eigenvalue weighted by molar-refractivity contribution is 14.0. The number of hydrogen-bond donors (Lipinski definition) is 3. The van der Waals surface area contributed by atoms with Gasteiger partial charge in [0.25, 0.3) is 0 Å². The lowest BCUT2D eigenvalue weighted by Gasteiger charge is -2.20. The van der Waals surface area contributed by atoms with Gasteiger partial charge in [-0.05, 0) is 56.2 Å². The number of amides is 1. The van der Waals surface area contributed by atoms with Gasteiger partial charge < -0.3 is 25.8 Å². The summed E-state index contributed by atoms with van der Waals surface area (Å²) in [6.07, 6.45) is 0. The Morgan fingerprint density at radius 3 is 2.27 bits per heavy atom. The summed E-state index contributed by atoms with van der Waals surface area (Å²) >= 11 is 0. The molecule has 8 heteroatoms. The second-order valence-corrected chi connectivity index (χ2v) is 6.43. The van der Waals surface area contributed by atoms with E-state index in [1.165, 1.54) is 0 Å². The number of nitrogens with one attached hydrogen (secondary N) is 2.